The minimum absolute atomic E-state index is 0.308. The van der Waals surface area contributed by atoms with Crippen LogP contribution in [0.4, 0.5) is 5.82 Å². The first-order chi connectivity index (χ1) is 9.24. The summed E-state index contributed by atoms with van der Waals surface area (Å²) in [7, 11) is 0. The highest BCUT2D eigenvalue weighted by Gasteiger charge is 2.27. The highest BCUT2D eigenvalue weighted by molar-refractivity contribution is 5.52. The van der Waals surface area contributed by atoms with Crippen molar-refractivity contribution in [3.63, 3.8) is 0 Å². The number of anilines is 1. The maximum absolute atomic E-state index is 5.62. The molecule has 1 unspecified atom stereocenters. The molecule has 0 aromatic carbocycles. The number of aromatic nitrogens is 4. The van der Waals surface area contributed by atoms with Crippen LogP contribution < -0.4 is 5.73 Å². The summed E-state index contributed by atoms with van der Waals surface area (Å²) in [6.45, 7) is 2.15. The number of hydrogen-bond donors (Lipinski definition) is 1. The Kier molecular flexibility index (Phi) is 3.15. The van der Waals surface area contributed by atoms with E-state index in [9.17, 15) is 0 Å². The van der Waals surface area contributed by atoms with Crippen LogP contribution in [-0.2, 0) is 0 Å². The van der Waals surface area contributed by atoms with E-state index < -0.39 is 0 Å². The van der Waals surface area contributed by atoms with E-state index in [-0.39, 0.29) is 0 Å². The van der Waals surface area contributed by atoms with Crippen molar-refractivity contribution in [3.05, 3.63) is 18.3 Å². The Balaban J connectivity index is 1.82. The SMILES string of the molecule is CC(c1nc(-c2cc(N)ncn2)no1)C1CCCC1. The second-order valence-corrected chi connectivity index (χ2v) is 5.12. The third-order valence-electron chi connectivity index (χ3n) is 3.86. The topological polar surface area (TPSA) is 90.7 Å². The molecule has 6 heteroatoms. The zero-order chi connectivity index (χ0) is 13.2. The molecule has 0 saturated heterocycles. The first-order valence-corrected chi connectivity index (χ1v) is 6.65. The molecule has 0 spiro atoms. The van der Waals surface area contributed by atoms with Crippen molar-refractivity contribution >= 4 is 5.82 Å². The lowest BCUT2D eigenvalue weighted by Crippen LogP contribution is -2.06. The fraction of sp³-hybridized carbons (Fsp3) is 0.538. The summed E-state index contributed by atoms with van der Waals surface area (Å²) in [6.07, 6.45) is 6.51. The summed E-state index contributed by atoms with van der Waals surface area (Å²) in [4.78, 5) is 12.4. The second kappa shape index (κ2) is 4.95. The molecule has 2 N–H and O–H groups in total. The predicted molar refractivity (Wildman–Crippen MR) is 70.1 cm³/mol. The van der Waals surface area contributed by atoms with Gasteiger partial charge < -0.3 is 10.3 Å². The van der Waals surface area contributed by atoms with Crippen LogP contribution in [0.3, 0.4) is 0 Å². The van der Waals surface area contributed by atoms with Crippen molar-refractivity contribution < 1.29 is 4.52 Å². The van der Waals surface area contributed by atoms with Crippen molar-refractivity contribution in [1.29, 1.82) is 0 Å². The molecule has 19 heavy (non-hydrogen) atoms. The Bertz CT molecular complexity index is 562. The van der Waals surface area contributed by atoms with E-state index >= 15 is 0 Å². The molecule has 0 radical (unpaired) electrons. The first kappa shape index (κ1) is 12.1. The Morgan fingerprint density at radius 2 is 2.11 bits per heavy atom. The average molecular weight is 259 g/mol. The van der Waals surface area contributed by atoms with Crippen molar-refractivity contribution in [1.82, 2.24) is 20.1 Å². The molecule has 2 aromatic heterocycles. The van der Waals surface area contributed by atoms with E-state index in [0.717, 1.165) is 0 Å². The minimum atomic E-state index is 0.308. The van der Waals surface area contributed by atoms with E-state index in [0.29, 0.717) is 35.1 Å². The summed E-state index contributed by atoms with van der Waals surface area (Å²) < 4.78 is 5.37. The molecule has 0 bridgehead atoms. The lowest BCUT2D eigenvalue weighted by Gasteiger charge is -2.13. The van der Waals surface area contributed by atoms with Gasteiger partial charge in [0, 0.05) is 12.0 Å². The summed E-state index contributed by atoms with van der Waals surface area (Å²) in [5, 5.41) is 3.99. The quantitative estimate of drug-likeness (QED) is 0.910. The number of hydrogen-bond acceptors (Lipinski definition) is 6. The van der Waals surface area contributed by atoms with E-state index in [1.165, 1.54) is 32.0 Å². The predicted octanol–water partition coefficient (Wildman–Crippen LogP) is 2.40. The third-order valence-corrected chi connectivity index (χ3v) is 3.86. The van der Waals surface area contributed by atoms with Gasteiger partial charge in [-0.1, -0.05) is 24.9 Å². The van der Waals surface area contributed by atoms with Crippen LogP contribution in [0.5, 0.6) is 0 Å². The van der Waals surface area contributed by atoms with Crippen LogP contribution in [0.15, 0.2) is 16.9 Å². The van der Waals surface area contributed by atoms with E-state index in [2.05, 4.69) is 27.0 Å². The minimum Gasteiger partial charge on any atom is -0.384 e. The van der Waals surface area contributed by atoms with Crippen LogP contribution >= 0.6 is 0 Å². The summed E-state index contributed by atoms with van der Waals surface area (Å²) in [5.41, 5.74) is 6.22. The standard InChI is InChI=1S/C13H17N5O/c1-8(9-4-2-3-5-9)13-17-12(18-19-13)10-6-11(14)16-7-15-10/h6-9H,2-5H2,1H3,(H2,14,15,16). The first-order valence-electron chi connectivity index (χ1n) is 6.65. The second-order valence-electron chi connectivity index (χ2n) is 5.12. The molecule has 6 nitrogen and oxygen atoms in total. The van der Waals surface area contributed by atoms with Crippen LogP contribution in [0.25, 0.3) is 11.5 Å². The summed E-state index contributed by atoms with van der Waals surface area (Å²) in [6, 6.07) is 1.65. The number of nitrogen functional groups attached to an aromatic ring is 1. The maximum atomic E-state index is 5.62. The van der Waals surface area contributed by atoms with Gasteiger partial charge in [-0.3, -0.25) is 0 Å². The molecule has 2 heterocycles. The largest absolute Gasteiger partial charge is 0.384 e. The molecule has 1 aliphatic carbocycles. The molecule has 0 amide bonds. The molecule has 100 valence electrons. The van der Waals surface area contributed by atoms with E-state index in [1.807, 2.05) is 0 Å². The van der Waals surface area contributed by atoms with Crippen LogP contribution in [-0.4, -0.2) is 20.1 Å². The van der Waals surface area contributed by atoms with Crippen LogP contribution in [0, 0.1) is 5.92 Å². The van der Waals surface area contributed by atoms with Gasteiger partial charge in [-0.15, -0.1) is 0 Å². The summed E-state index contributed by atoms with van der Waals surface area (Å²) >= 11 is 0. The van der Waals surface area contributed by atoms with Gasteiger partial charge in [0.1, 0.15) is 17.8 Å². The molecular formula is C13H17N5O. The van der Waals surface area contributed by atoms with Crippen molar-refractivity contribution in [2.45, 2.75) is 38.5 Å². The Morgan fingerprint density at radius 3 is 2.84 bits per heavy atom. The zero-order valence-corrected chi connectivity index (χ0v) is 10.9. The highest BCUT2D eigenvalue weighted by Crippen LogP contribution is 2.36. The lowest BCUT2D eigenvalue weighted by molar-refractivity contribution is 0.316. The monoisotopic (exact) mass is 259 g/mol. The number of nitrogens with two attached hydrogens (primary N) is 1. The van der Waals surface area contributed by atoms with Gasteiger partial charge in [0.05, 0.1) is 0 Å². The molecular weight excluding hydrogens is 242 g/mol. The molecule has 3 rings (SSSR count). The Labute approximate surface area is 111 Å². The van der Waals surface area contributed by atoms with Gasteiger partial charge in [-0.2, -0.15) is 4.98 Å². The molecule has 1 saturated carbocycles. The van der Waals surface area contributed by atoms with Crippen molar-refractivity contribution in [2.24, 2.45) is 5.92 Å². The third kappa shape index (κ3) is 2.43. The highest BCUT2D eigenvalue weighted by atomic mass is 16.5. The Morgan fingerprint density at radius 1 is 1.32 bits per heavy atom. The van der Waals surface area contributed by atoms with Crippen LogP contribution in [0.2, 0.25) is 0 Å². The normalized spacial score (nSPS) is 17.7. The molecule has 1 atom stereocenters. The fourth-order valence-electron chi connectivity index (χ4n) is 2.68. The number of nitrogens with zero attached hydrogens (tertiary/aromatic N) is 4. The Hall–Kier alpha value is -1.98. The molecule has 2 aromatic rings. The average Bonchev–Trinajstić information content (AvgIpc) is 3.10. The van der Waals surface area contributed by atoms with Gasteiger partial charge in [0.2, 0.25) is 11.7 Å². The smallest absolute Gasteiger partial charge is 0.230 e. The zero-order valence-electron chi connectivity index (χ0n) is 10.9. The molecule has 1 fully saturated rings. The van der Waals surface area contributed by atoms with Crippen molar-refractivity contribution in [3.8, 4) is 11.5 Å². The van der Waals surface area contributed by atoms with E-state index in [1.54, 1.807) is 6.07 Å². The maximum Gasteiger partial charge on any atom is 0.230 e. The van der Waals surface area contributed by atoms with Gasteiger partial charge >= 0.3 is 0 Å². The molecule has 1 aliphatic rings. The molecule has 0 aliphatic heterocycles. The summed E-state index contributed by atoms with van der Waals surface area (Å²) in [5.74, 6) is 2.54. The van der Waals surface area contributed by atoms with E-state index in [4.69, 9.17) is 10.3 Å². The van der Waals surface area contributed by atoms with Gasteiger partial charge in [0.25, 0.3) is 0 Å². The van der Waals surface area contributed by atoms with Gasteiger partial charge in [-0.05, 0) is 18.8 Å². The van der Waals surface area contributed by atoms with Crippen molar-refractivity contribution in [2.75, 3.05) is 5.73 Å². The van der Waals surface area contributed by atoms with Gasteiger partial charge in [-0.25, -0.2) is 9.97 Å². The lowest BCUT2D eigenvalue weighted by atomic mass is 9.93. The number of rotatable bonds is 3. The fourth-order valence-corrected chi connectivity index (χ4v) is 2.68. The van der Waals surface area contributed by atoms with Gasteiger partial charge in [0.15, 0.2) is 0 Å². The van der Waals surface area contributed by atoms with Crippen LogP contribution in [0.1, 0.15) is 44.4 Å².